The van der Waals surface area contributed by atoms with Crippen LogP contribution in [0.15, 0.2) is 51.5 Å². The molecule has 0 fully saturated rings. The lowest BCUT2D eigenvalue weighted by Crippen LogP contribution is -2.09. The molecule has 134 valence electrons. The van der Waals surface area contributed by atoms with Crippen molar-refractivity contribution < 1.29 is 22.7 Å². The van der Waals surface area contributed by atoms with Gasteiger partial charge in [0.05, 0.1) is 22.7 Å². The lowest BCUT2D eigenvalue weighted by atomic mass is 10.1. The largest absolute Gasteiger partial charge is 0.441 e. The van der Waals surface area contributed by atoms with Gasteiger partial charge in [-0.1, -0.05) is 17.7 Å². The van der Waals surface area contributed by atoms with E-state index >= 15 is 0 Å². The van der Waals surface area contributed by atoms with E-state index in [1.165, 1.54) is 12.3 Å². The number of aromatic nitrogens is 1. The minimum atomic E-state index is -0.750. The second kappa shape index (κ2) is 7.97. The van der Waals surface area contributed by atoms with Crippen molar-refractivity contribution in [2.75, 3.05) is 0 Å². The maximum atomic E-state index is 13.8. The summed E-state index contributed by atoms with van der Waals surface area (Å²) >= 11 is 9.08. The predicted octanol–water partition coefficient (Wildman–Crippen LogP) is 5.57. The number of hydrogen-bond acceptors (Lipinski definition) is 4. The molecule has 0 aliphatic carbocycles. The third kappa shape index (κ3) is 4.28. The molecule has 3 rings (SSSR count). The van der Waals surface area contributed by atoms with Crippen molar-refractivity contribution in [1.29, 1.82) is 0 Å². The summed E-state index contributed by atoms with van der Waals surface area (Å²) < 4.78 is 38.6. The molecule has 1 heterocycles. The number of benzene rings is 2. The molecule has 0 amide bonds. The maximum absolute atomic E-state index is 13.8. The van der Waals surface area contributed by atoms with Crippen LogP contribution < -0.4 is 4.74 Å². The van der Waals surface area contributed by atoms with Gasteiger partial charge in [0.25, 0.3) is 0 Å². The van der Waals surface area contributed by atoms with E-state index in [0.29, 0.717) is 15.2 Å². The Morgan fingerprint density at radius 1 is 1.23 bits per heavy atom. The number of halogens is 4. The topological polar surface area (TPSA) is 52.3 Å². The van der Waals surface area contributed by atoms with Gasteiger partial charge in [-0.25, -0.2) is 13.8 Å². The van der Waals surface area contributed by atoms with E-state index in [9.17, 15) is 13.6 Å². The van der Waals surface area contributed by atoms with E-state index in [4.69, 9.17) is 20.8 Å². The summed E-state index contributed by atoms with van der Waals surface area (Å²) in [6.45, 7) is 0. The highest BCUT2D eigenvalue weighted by Crippen LogP contribution is 2.29. The van der Waals surface area contributed by atoms with Crippen LogP contribution in [0.2, 0.25) is 5.02 Å². The first-order valence-electron chi connectivity index (χ1n) is 7.49. The van der Waals surface area contributed by atoms with Crippen LogP contribution in [0.5, 0.6) is 5.75 Å². The third-order valence-corrected chi connectivity index (χ3v) is 4.28. The fourth-order valence-corrected chi connectivity index (χ4v) is 2.98. The molecule has 1 aromatic heterocycles. The SMILES string of the molecule is O=C(CCc1ncc(-c2c(F)cccc2F)o1)Oc1ccc(Cl)cc1Br. The molecule has 0 radical (unpaired) electrons. The fourth-order valence-electron chi connectivity index (χ4n) is 2.22. The van der Waals surface area contributed by atoms with Crippen molar-refractivity contribution in [3.8, 4) is 17.1 Å². The van der Waals surface area contributed by atoms with E-state index in [0.717, 1.165) is 12.1 Å². The molecule has 0 bridgehead atoms. The molecule has 0 aliphatic rings. The average molecular weight is 443 g/mol. The zero-order valence-corrected chi connectivity index (χ0v) is 15.5. The molecule has 0 spiro atoms. The number of carbonyl (C=O) groups excluding carboxylic acids is 1. The standard InChI is InChI=1S/C18H11BrClF2NO3/c19-11-8-10(20)4-5-14(11)26-17(24)7-6-16-23-9-15(25-16)18-12(21)2-1-3-13(18)22/h1-5,8-9H,6-7H2. The van der Waals surface area contributed by atoms with Gasteiger partial charge < -0.3 is 9.15 Å². The van der Waals surface area contributed by atoms with Gasteiger partial charge >= 0.3 is 5.97 Å². The lowest BCUT2D eigenvalue weighted by Gasteiger charge is -2.06. The van der Waals surface area contributed by atoms with E-state index in [1.54, 1.807) is 18.2 Å². The Balaban J connectivity index is 1.64. The van der Waals surface area contributed by atoms with Gasteiger partial charge in [-0.15, -0.1) is 0 Å². The Kier molecular flexibility index (Phi) is 5.68. The molecular weight excluding hydrogens is 432 g/mol. The van der Waals surface area contributed by atoms with E-state index in [2.05, 4.69) is 20.9 Å². The molecule has 8 heteroatoms. The summed E-state index contributed by atoms with van der Waals surface area (Å²) in [5.74, 6) is -1.54. The van der Waals surface area contributed by atoms with Crippen LogP contribution in [-0.2, 0) is 11.2 Å². The Morgan fingerprint density at radius 3 is 2.65 bits per heavy atom. The molecule has 2 aromatic carbocycles. The summed E-state index contributed by atoms with van der Waals surface area (Å²) in [5, 5.41) is 0.504. The molecule has 3 aromatic rings. The molecule has 26 heavy (non-hydrogen) atoms. The van der Waals surface area contributed by atoms with Gasteiger partial charge in [-0.05, 0) is 46.3 Å². The number of esters is 1. The Bertz CT molecular complexity index is 941. The second-order valence-corrected chi connectivity index (χ2v) is 6.55. The minimum absolute atomic E-state index is 0.0191. The first-order valence-corrected chi connectivity index (χ1v) is 8.66. The molecule has 0 N–H and O–H groups in total. The molecule has 0 aliphatic heterocycles. The number of rotatable bonds is 5. The van der Waals surface area contributed by atoms with Gasteiger partial charge in [0.1, 0.15) is 17.4 Å². The summed E-state index contributed by atoms with van der Waals surface area (Å²) in [5.41, 5.74) is -0.293. The van der Waals surface area contributed by atoms with Gasteiger partial charge in [0, 0.05) is 11.4 Å². The molecule has 4 nitrogen and oxygen atoms in total. The number of hydrogen-bond donors (Lipinski definition) is 0. The first-order chi connectivity index (χ1) is 12.4. The van der Waals surface area contributed by atoms with Crippen molar-refractivity contribution in [2.24, 2.45) is 0 Å². The van der Waals surface area contributed by atoms with Gasteiger partial charge in [0.15, 0.2) is 11.7 Å². The van der Waals surface area contributed by atoms with Crippen LogP contribution in [0, 0.1) is 11.6 Å². The Morgan fingerprint density at radius 2 is 1.96 bits per heavy atom. The zero-order valence-electron chi connectivity index (χ0n) is 13.1. The molecular formula is C18H11BrClF2NO3. The number of oxazole rings is 1. The number of carbonyl (C=O) groups is 1. The monoisotopic (exact) mass is 441 g/mol. The second-order valence-electron chi connectivity index (χ2n) is 5.26. The molecule has 0 saturated carbocycles. The number of nitrogens with zero attached hydrogens (tertiary/aromatic N) is 1. The van der Waals surface area contributed by atoms with Crippen LogP contribution in [0.4, 0.5) is 8.78 Å². The van der Waals surface area contributed by atoms with Gasteiger partial charge in [-0.2, -0.15) is 0 Å². The predicted molar refractivity (Wildman–Crippen MR) is 95.0 cm³/mol. The highest BCUT2D eigenvalue weighted by molar-refractivity contribution is 9.10. The zero-order chi connectivity index (χ0) is 18.7. The number of ether oxygens (including phenoxy) is 1. The quantitative estimate of drug-likeness (QED) is 0.383. The van der Waals surface area contributed by atoms with Gasteiger partial charge in [-0.3, -0.25) is 4.79 Å². The van der Waals surface area contributed by atoms with Crippen molar-refractivity contribution in [3.63, 3.8) is 0 Å². The van der Waals surface area contributed by atoms with Crippen LogP contribution in [0.1, 0.15) is 12.3 Å². The molecule has 0 atom stereocenters. The highest BCUT2D eigenvalue weighted by Gasteiger charge is 2.17. The normalized spacial score (nSPS) is 10.8. The summed E-state index contributed by atoms with van der Waals surface area (Å²) in [4.78, 5) is 15.9. The van der Waals surface area contributed by atoms with Crippen molar-refractivity contribution >= 4 is 33.5 Å². The van der Waals surface area contributed by atoms with E-state index in [1.807, 2.05) is 0 Å². The van der Waals surface area contributed by atoms with Crippen LogP contribution in [0.25, 0.3) is 11.3 Å². The fraction of sp³-hybridized carbons (Fsp3) is 0.111. The Labute approximate surface area is 160 Å². The Hall–Kier alpha value is -2.25. The van der Waals surface area contributed by atoms with E-state index in [-0.39, 0.29) is 30.1 Å². The van der Waals surface area contributed by atoms with Crippen molar-refractivity contribution in [2.45, 2.75) is 12.8 Å². The van der Waals surface area contributed by atoms with Gasteiger partial charge in [0.2, 0.25) is 0 Å². The smallest absolute Gasteiger partial charge is 0.311 e. The molecule has 0 saturated heterocycles. The first kappa shape index (κ1) is 18.5. The van der Waals surface area contributed by atoms with E-state index < -0.39 is 17.6 Å². The average Bonchev–Trinajstić information content (AvgIpc) is 3.04. The van der Waals surface area contributed by atoms with Crippen LogP contribution in [0.3, 0.4) is 0 Å². The maximum Gasteiger partial charge on any atom is 0.311 e. The lowest BCUT2D eigenvalue weighted by molar-refractivity contribution is -0.134. The number of aryl methyl sites for hydroxylation is 1. The van der Waals surface area contributed by atoms with Crippen molar-refractivity contribution in [3.05, 3.63) is 69.6 Å². The highest BCUT2D eigenvalue weighted by atomic mass is 79.9. The van der Waals surface area contributed by atoms with Crippen LogP contribution >= 0.6 is 27.5 Å². The summed E-state index contributed by atoms with van der Waals surface area (Å²) in [6, 6.07) is 8.28. The van der Waals surface area contributed by atoms with Crippen LogP contribution in [-0.4, -0.2) is 11.0 Å². The minimum Gasteiger partial charge on any atom is -0.441 e. The summed E-state index contributed by atoms with van der Waals surface area (Å²) in [6.07, 6.45) is 1.33. The third-order valence-electron chi connectivity index (χ3n) is 3.42. The molecule has 0 unspecified atom stereocenters. The summed E-state index contributed by atoms with van der Waals surface area (Å²) in [7, 11) is 0. The van der Waals surface area contributed by atoms with Crippen molar-refractivity contribution in [1.82, 2.24) is 4.98 Å².